The molecule has 0 fully saturated rings. The third kappa shape index (κ3) is 5.12. The minimum atomic E-state index is 0.716. The molecule has 0 aliphatic carbocycles. The lowest BCUT2D eigenvalue weighted by atomic mass is 9.97. The fourth-order valence-electron chi connectivity index (χ4n) is 7.70. The smallest absolute Gasteiger partial charge is 0.160 e. The molecule has 0 unspecified atom stereocenters. The lowest BCUT2D eigenvalue weighted by Crippen LogP contribution is -1.96. The zero-order valence-corrected chi connectivity index (χ0v) is 30.5. The van der Waals surface area contributed by atoms with E-state index in [4.69, 9.17) is 15.0 Å². The van der Waals surface area contributed by atoms with Gasteiger partial charge in [-0.25, -0.2) is 15.0 Å². The van der Waals surface area contributed by atoms with E-state index in [-0.39, 0.29) is 0 Å². The van der Waals surface area contributed by atoms with Gasteiger partial charge in [-0.2, -0.15) is 0 Å². The fourth-order valence-corrected chi connectivity index (χ4v) is 10.2. The van der Waals surface area contributed by atoms with Gasteiger partial charge >= 0.3 is 0 Å². The molecule has 0 bridgehead atoms. The van der Waals surface area contributed by atoms with Crippen LogP contribution in [0.5, 0.6) is 0 Å². The predicted molar refractivity (Wildman–Crippen MR) is 230 cm³/mol. The van der Waals surface area contributed by atoms with Crippen LogP contribution in [0.25, 0.3) is 108 Å². The second-order valence-electron chi connectivity index (χ2n) is 13.5. The summed E-state index contributed by atoms with van der Waals surface area (Å²) >= 11 is 3.67. The average molecular weight is 724 g/mol. The van der Waals surface area contributed by atoms with E-state index in [0.717, 1.165) is 56.0 Å². The van der Waals surface area contributed by atoms with Crippen molar-refractivity contribution in [1.82, 2.24) is 15.0 Å². The number of thiophene rings is 2. The van der Waals surface area contributed by atoms with Gasteiger partial charge in [0.05, 0.1) is 22.6 Å². The third-order valence-electron chi connectivity index (χ3n) is 10.3. The van der Waals surface area contributed by atoms with Gasteiger partial charge in [0.1, 0.15) is 0 Å². The van der Waals surface area contributed by atoms with Crippen molar-refractivity contribution in [2.45, 2.75) is 0 Å². The number of hydrogen-bond acceptors (Lipinski definition) is 5. The summed E-state index contributed by atoms with van der Waals surface area (Å²) in [6, 6.07) is 62.3. The van der Waals surface area contributed by atoms with E-state index in [1.54, 1.807) is 0 Å². The molecule has 252 valence electrons. The van der Waals surface area contributed by atoms with Crippen LogP contribution in [0, 0.1) is 0 Å². The normalized spacial score (nSPS) is 11.7. The summed E-state index contributed by atoms with van der Waals surface area (Å²) in [5, 5.41) is 6.21. The molecule has 0 radical (unpaired) electrons. The monoisotopic (exact) mass is 723 g/mol. The maximum absolute atomic E-state index is 5.28. The Labute approximate surface area is 319 Å². The standard InChI is InChI=1S/C49H29N3S2/c1-2-12-32(13-3-1)49-51-41(29-42(52-49)38-20-11-19-36-35-16-5-8-22-43(35)53-47(36)38)31-26-24-30(25-27-31)33-14-10-15-34(28-33)46-45-39-18-6-9-23-44(39)54-48(45)37-17-4-7-21-40(37)50-46/h1-29H. The van der Waals surface area contributed by atoms with E-state index >= 15 is 0 Å². The molecule has 0 atom stereocenters. The van der Waals surface area contributed by atoms with E-state index in [0.29, 0.717) is 5.82 Å². The van der Waals surface area contributed by atoms with Crippen LogP contribution in [0.2, 0.25) is 0 Å². The van der Waals surface area contributed by atoms with Gasteiger partial charge < -0.3 is 0 Å². The molecule has 0 saturated carbocycles. The number of rotatable bonds is 5. The van der Waals surface area contributed by atoms with Crippen LogP contribution in [0.4, 0.5) is 0 Å². The van der Waals surface area contributed by atoms with Gasteiger partial charge in [-0.1, -0.05) is 146 Å². The molecular formula is C49H29N3S2. The molecule has 7 aromatic carbocycles. The molecule has 54 heavy (non-hydrogen) atoms. The third-order valence-corrected chi connectivity index (χ3v) is 12.7. The van der Waals surface area contributed by atoms with E-state index in [2.05, 4.69) is 158 Å². The average Bonchev–Trinajstić information content (AvgIpc) is 3.83. The molecule has 0 saturated heterocycles. The Balaban J connectivity index is 1.02. The Morgan fingerprint density at radius 2 is 0.963 bits per heavy atom. The molecule has 0 N–H and O–H groups in total. The van der Waals surface area contributed by atoms with E-state index in [9.17, 15) is 0 Å². The van der Waals surface area contributed by atoms with Gasteiger partial charge in [-0.15, -0.1) is 22.7 Å². The van der Waals surface area contributed by atoms with E-state index in [1.165, 1.54) is 45.7 Å². The Morgan fingerprint density at radius 3 is 1.81 bits per heavy atom. The van der Waals surface area contributed by atoms with Crippen molar-refractivity contribution in [2.75, 3.05) is 0 Å². The number of pyridine rings is 1. The maximum Gasteiger partial charge on any atom is 0.160 e. The van der Waals surface area contributed by atoms with Gasteiger partial charge in [0.15, 0.2) is 5.82 Å². The lowest BCUT2D eigenvalue weighted by Gasteiger charge is -2.11. The Bertz CT molecular complexity index is 3210. The quantitative estimate of drug-likeness (QED) is 0.177. The summed E-state index contributed by atoms with van der Waals surface area (Å²) in [5.74, 6) is 0.716. The van der Waals surface area contributed by atoms with Crippen LogP contribution in [0.1, 0.15) is 0 Å². The second-order valence-corrected chi connectivity index (χ2v) is 15.7. The Hall–Kier alpha value is -6.53. The molecule has 11 rings (SSSR count). The van der Waals surface area contributed by atoms with Crippen LogP contribution < -0.4 is 0 Å². The van der Waals surface area contributed by atoms with Gasteiger partial charge in [-0.05, 0) is 41.5 Å². The van der Waals surface area contributed by atoms with Crippen molar-refractivity contribution < 1.29 is 0 Å². The number of para-hydroxylation sites is 1. The summed E-state index contributed by atoms with van der Waals surface area (Å²) in [6.45, 7) is 0. The van der Waals surface area contributed by atoms with Gasteiger partial charge in [-0.3, -0.25) is 0 Å². The summed E-state index contributed by atoms with van der Waals surface area (Å²) in [7, 11) is 0. The van der Waals surface area contributed by atoms with Gasteiger partial charge in [0, 0.05) is 68.0 Å². The molecule has 4 aromatic heterocycles. The second kappa shape index (κ2) is 12.6. The first-order valence-electron chi connectivity index (χ1n) is 18.0. The van der Waals surface area contributed by atoms with Crippen molar-refractivity contribution in [2.24, 2.45) is 0 Å². The van der Waals surface area contributed by atoms with Crippen LogP contribution in [0.15, 0.2) is 176 Å². The highest BCUT2D eigenvalue weighted by atomic mass is 32.1. The highest BCUT2D eigenvalue weighted by molar-refractivity contribution is 7.27. The molecular weight excluding hydrogens is 695 g/mol. The van der Waals surface area contributed by atoms with Crippen molar-refractivity contribution in [1.29, 1.82) is 0 Å². The first-order valence-corrected chi connectivity index (χ1v) is 19.6. The Kier molecular flexibility index (Phi) is 7.22. The SMILES string of the molecule is c1ccc(-c2nc(-c3ccc(-c4cccc(-c5nc6ccccc6c6sc7ccccc7c56)c4)cc3)cc(-c3cccc4c3sc3ccccc34)n2)cc1. The number of nitrogens with zero attached hydrogens (tertiary/aromatic N) is 3. The predicted octanol–water partition coefficient (Wildman–Crippen LogP) is 14.1. The molecule has 0 aliphatic rings. The van der Waals surface area contributed by atoms with Crippen molar-refractivity contribution >= 4 is 73.9 Å². The Morgan fingerprint density at radius 1 is 0.352 bits per heavy atom. The number of benzene rings is 7. The summed E-state index contributed by atoms with van der Waals surface area (Å²) in [5.41, 5.74) is 10.4. The van der Waals surface area contributed by atoms with Crippen molar-refractivity contribution in [3.05, 3.63) is 176 Å². The van der Waals surface area contributed by atoms with E-state index < -0.39 is 0 Å². The highest BCUT2D eigenvalue weighted by Gasteiger charge is 2.18. The minimum Gasteiger partial charge on any atom is -0.247 e. The molecule has 11 aromatic rings. The van der Waals surface area contributed by atoms with Crippen LogP contribution in [-0.4, -0.2) is 15.0 Å². The topological polar surface area (TPSA) is 38.7 Å². The first-order chi connectivity index (χ1) is 26.7. The van der Waals surface area contributed by atoms with Gasteiger partial charge in [0.25, 0.3) is 0 Å². The molecule has 0 amide bonds. The molecule has 0 spiro atoms. The van der Waals surface area contributed by atoms with Crippen molar-refractivity contribution in [3.63, 3.8) is 0 Å². The van der Waals surface area contributed by atoms with E-state index in [1.807, 2.05) is 40.9 Å². The fraction of sp³-hybridized carbons (Fsp3) is 0. The largest absolute Gasteiger partial charge is 0.247 e. The zero-order valence-electron chi connectivity index (χ0n) is 28.9. The zero-order chi connectivity index (χ0) is 35.6. The van der Waals surface area contributed by atoms with Crippen LogP contribution in [-0.2, 0) is 0 Å². The first kappa shape index (κ1) is 31.0. The number of fused-ring (bicyclic) bond motifs is 8. The summed E-state index contributed by atoms with van der Waals surface area (Å²) in [6.07, 6.45) is 0. The molecule has 5 heteroatoms. The van der Waals surface area contributed by atoms with Crippen LogP contribution in [0.3, 0.4) is 0 Å². The number of aromatic nitrogens is 3. The van der Waals surface area contributed by atoms with Crippen LogP contribution >= 0.6 is 22.7 Å². The minimum absolute atomic E-state index is 0.716. The van der Waals surface area contributed by atoms with Gasteiger partial charge in [0.2, 0.25) is 0 Å². The highest BCUT2D eigenvalue weighted by Crippen LogP contribution is 2.44. The molecule has 0 aliphatic heterocycles. The lowest BCUT2D eigenvalue weighted by molar-refractivity contribution is 1.19. The molecule has 3 nitrogen and oxygen atoms in total. The molecule has 4 heterocycles. The summed E-state index contributed by atoms with van der Waals surface area (Å²) in [4.78, 5) is 15.6. The maximum atomic E-state index is 5.28. The number of hydrogen-bond donors (Lipinski definition) is 0. The van der Waals surface area contributed by atoms with Crippen molar-refractivity contribution in [3.8, 4) is 56.3 Å². The summed E-state index contributed by atoms with van der Waals surface area (Å²) < 4.78 is 5.09.